The molecule has 106 valence electrons. The Hall–Kier alpha value is -2.21. The highest BCUT2D eigenvalue weighted by atomic mass is 79.9. The molecule has 1 N–H and O–H groups in total. The maximum atomic E-state index is 13.1. The monoisotopic (exact) mass is 348 g/mol. The van der Waals surface area contributed by atoms with E-state index in [1.54, 1.807) is 24.3 Å². The van der Waals surface area contributed by atoms with Crippen molar-refractivity contribution in [1.29, 1.82) is 0 Å². The molecular weight excluding hydrogens is 339 g/mol. The molecule has 0 radical (unpaired) electrons. The van der Waals surface area contributed by atoms with Crippen molar-refractivity contribution < 1.29 is 14.0 Å². The van der Waals surface area contributed by atoms with Crippen LogP contribution in [0.25, 0.3) is 0 Å². The van der Waals surface area contributed by atoms with Crippen LogP contribution in [0.1, 0.15) is 10.4 Å². The van der Waals surface area contributed by atoms with Crippen LogP contribution in [-0.2, 0) is 4.79 Å². The zero-order valence-corrected chi connectivity index (χ0v) is 12.4. The molecule has 4 nitrogen and oxygen atoms in total. The van der Waals surface area contributed by atoms with Gasteiger partial charge in [-0.2, -0.15) is 0 Å². The molecule has 0 unspecified atom stereocenters. The quantitative estimate of drug-likeness (QED) is 0.860. The van der Waals surface area contributed by atoms with Crippen molar-refractivity contribution in [3.63, 3.8) is 0 Å². The first-order valence-electron chi connectivity index (χ1n) is 6.22. The molecule has 1 heterocycles. The van der Waals surface area contributed by atoms with E-state index < -0.39 is 5.82 Å². The summed E-state index contributed by atoms with van der Waals surface area (Å²) in [5.41, 5.74) is 1.51. The van der Waals surface area contributed by atoms with E-state index in [-0.39, 0.29) is 18.4 Å². The van der Waals surface area contributed by atoms with Crippen LogP contribution >= 0.6 is 15.9 Å². The van der Waals surface area contributed by atoms with Gasteiger partial charge in [-0.15, -0.1) is 0 Å². The summed E-state index contributed by atoms with van der Waals surface area (Å²) in [6, 6.07) is 10.9. The molecule has 6 heteroatoms. The Morgan fingerprint density at radius 1 is 1.24 bits per heavy atom. The number of hydrogen-bond donors (Lipinski definition) is 1. The average molecular weight is 349 g/mol. The van der Waals surface area contributed by atoms with Gasteiger partial charge in [-0.05, 0) is 46.3 Å². The van der Waals surface area contributed by atoms with Crippen molar-refractivity contribution in [3.05, 3.63) is 58.3 Å². The lowest BCUT2D eigenvalue weighted by atomic mass is 10.1. The van der Waals surface area contributed by atoms with E-state index in [1.807, 2.05) is 0 Å². The third kappa shape index (κ3) is 2.54. The van der Waals surface area contributed by atoms with Crippen molar-refractivity contribution in [3.8, 4) is 0 Å². The molecule has 2 amide bonds. The second-order valence-corrected chi connectivity index (χ2v) is 5.44. The van der Waals surface area contributed by atoms with E-state index in [0.29, 0.717) is 21.4 Å². The number of fused-ring (bicyclic) bond motifs is 1. The van der Waals surface area contributed by atoms with Gasteiger partial charge in [-0.1, -0.05) is 12.1 Å². The third-order valence-electron chi connectivity index (χ3n) is 3.18. The third-order valence-corrected chi connectivity index (χ3v) is 3.83. The molecule has 0 bridgehead atoms. The Kier molecular flexibility index (Phi) is 3.47. The number of para-hydroxylation sites is 2. The number of anilines is 2. The van der Waals surface area contributed by atoms with E-state index in [0.717, 1.165) is 0 Å². The van der Waals surface area contributed by atoms with Crippen molar-refractivity contribution in [1.82, 2.24) is 0 Å². The smallest absolute Gasteiger partial charge is 0.259 e. The molecule has 2 aromatic carbocycles. The zero-order chi connectivity index (χ0) is 15.0. The van der Waals surface area contributed by atoms with Crippen LogP contribution in [0, 0.1) is 5.82 Å². The predicted molar refractivity (Wildman–Crippen MR) is 80.8 cm³/mol. The molecule has 21 heavy (non-hydrogen) atoms. The largest absolute Gasteiger partial charge is 0.323 e. The SMILES string of the molecule is O=C1CN(C(=O)c2ccc(F)cc2Br)c2ccccc2N1. The molecule has 0 atom stereocenters. The van der Waals surface area contributed by atoms with E-state index in [9.17, 15) is 14.0 Å². The number of carbonyl (C=O) groups is 2. The Labute approximate surface area is 128 Å². The number of hydrogen-bond acceptors (Lipinski definition) is 2. The second kappa shape index (κ2) is 5.29. The molecule has 1 aliphatic heterocycles. The number of carbonyl (C=O) groups excluding carboxylic acids is 2. The maximum absolute atomic E-state index is 13.1. The number of amides is 2. The first-order valence-corrected chi connectivity index (χ1v) is 7.01. The summed E-state index contributed by atoms with van der Waals surface area (Å²) in [7, 11) is 0. The normalized spacial score (nSPS) is 13.6. The lowest BCUT2D eigenvalue weighted by Crippen LogP contribution is -2.42. The number of halogens is 2. The second-order valence-electron chi connectivity index (χ2n) is 4.58. The fourth-order valence-electron chi connectivity index (χ4n) is 2.22. The minimum absolute atomic E-state index is 0.0698. The van der Waals surface area contributed by atoms with Crippen LogP contribution in [0.4, 0.5) is 15.8 Å². The van der Waals surface area contributed by atoms with Crippen LogP contribution < -0.4 is 10.2 Å². The highest BCUT2D eigenvalue weighted by Gasteiger charge is 2.28. The van der Waals surface area contributed by atoms with E-state index in [1.165, 1.54) is 23.1 Å². The molecule has 0 saturated heterocycles. The molecule has 2 aromatic rings. The van der Waals surface area contributed by atoms with Gasteiger partial charge >= 0.3 is 0 Å². The van der Waals surface area contributed by atoms with Gasteiger partial charge in [0.25, 0.3) is 5.91 Å². The topological polar surface area (TPSA) is 49.4 Å². The lowest BCUT2D eigenvalue weighted by molar-refractivity contribution is -0.115. The lowest BCUT2D eigenvalue weighted by Gasteiger charge is -2.29. The van der Waals surface area contributed by atoms with Crippen molar-refractivity contribution in [2.45, 2.75) is 0 Å². The van der Waals surface area contributed by atoms with Crippen LogP contribution in [-0.4, -0.2) is 18.4 Å². The summed E-state index contributed by atoms with van der Waals surface area (Å²) in [4.78, 5) is 25.7. The minimum atomic E-state index is -0.435. The standard InChI is InChI=1S/C15H10BrFN2O2/c16-11-7-9(17)5-6-10(11)15(21)19-8-14(20)18-12-3-1-2-4-13(12)19/h1-7H,8H2,(H,18,20). The first kappa shape index (κ1) is 13.8. The van der Waals surface area contributed by atoms with Gasteiger partial charge in [0.1, 0.15) is 12.4 Å². The summed E-state index contributed by atoms with van der Waals surface area (Å²) in [6.45, 7) is -0.0698. The number of nitrogens with one attached hydrogen (secondary N) is 1. The van der Waals surface area contributed by atoms with Gasteiger partial charge in [0, 0.05) is 4.47 Å². The maximum Gasteiger partial charge on any atom is 0.259 e. The van der Waals surface area contributed by atoms with Crippen LogP contribution in [0.3, 0.4) is 0 Å². The molecule has 0 saturated carbocycles. The van der Waals surface area contributed by atoms with Crippen LogP contribution in [0.2, 0.25) is 0 Å². The highest BCUT2D eigenvalue weighted by Crippen LogP contribution is 2.31. The number of nitrogens with zero attached hydrogens (tertiary/aromatic N) is 1. The molecule has 1 aliphatic rings. The van der Waals surface area contributed by atoms with Crippen molar-refractivity contribution in [2.24, 2.45) is 0 Å². The van der Waals surface area contributed by atoms with Crippen molar-refractivity contribution >= 4 is 39.1 Å². The van der Waals surface area contributed by atoms with Crippen molar-refractivity contribution in [2.75, 3.05) is 16.8 Å². The van der Waals surface area contributed by atoms with E-state index in [4.69, 9.17) is 0 Å². The summed E-state index contributed by atoms with van der Waals surface area (Å²) in [6.07, 6.45) is 0. The highest BCUT2D eigenvalue weighted by molar-refractivity contribution is 9.10. The summed E-state index contributed by atoms with van der Waals surface area (Å²) >= 11 is 3.18. The average Bonchev–Trinajstić information content (AvgIpc) is 2.45. The Morgan fingerprint density at radius 2 is 2.00 bits per heavy atom. The summed E-state index contributed by atoms with van der Waals surface area (Å²) in [5.74, 6) is -1.06. The van der Waals surface area contributed by atoms with Crippen LogP contribution in [0.15, 0.2) is 46.9 Å². The molecule has 0 aromatic heterocycles. The van der Waals surface area contributed by atoms with Gasteiger partial charge in [0.2, 0.25) is 5.91 Å². The molecule has 0 aliphatic carbocycles. The minimum Gasteiger partial charge on any atom is -0.323 e. The van der Waals surface area contributed by atoms with E-state index in [2.05, 4.69) is 21.2 Å². The molecular formula is C15H10BrFN2O2. The van der Waals surface area contributed by atoms with Gasteiger partial charge in [0.15, 0.2) is 0 Å². The number of benzene rings is 2. The van der Waals surface area contributed by atoms with Gasteiger partial charge in [-0.25, -0.2) is 4.39 Å². The Morgan fingerprint density at radius 3 is 2.76 bits per heavy atom. The fraction of sp³-hybridized carbons (Fsp3) is 0.0667. The summed E-state index contributed by atoms with van der Waals surface area (Å²) < 4.78 is 13.5. The summed E-state index contributed by atoms with van der Waals surface area (Å²) in [5, 5.41) is 2.72. The van der Waals surface area contributed by atoms with Gasteiger partial charge in [0.05, 0.1) is 16.9 Å². The fourth-order valence-corrected chi connectivity index (χ4v) is 2.74. The zero-order valence-electron chi connectivity index (χ0n) is 10.8. The van der Waals surface area contributed by atoms with Gasteiger partial charge < -0.3 is 5.32 Å². The molecule has 0 spiro atoms. The number of rotatable bonds is 1. The van der Waals surface area contributed by atoms with Gasteiger partial charge in [-0.3, -0.25) is 14.5 Å². The molecule has 3 rings (SSSR count). The van der Waals surface area contributed by atoms with Crippen LogP contribution in [0.5, 0.6) is 0 Å². The molecule has 0 fully saturated rings. The Bertz CT molecular complexity index is 748. The first-order chi connectivity index (χ1) is 10.1. The van der Waals surface area contributed by atoms with E-state index >= 15 is 0 Å². The Balaban J connectivity index is 2.04. The predicted octanol–water partition coefficient (Wildman–Crippen LogP) is 3.19.